The molecule has 0 aliphatic rings. The fourth-order valence-corrected chi connectivity index (χ4v) is 4.68. The number of fused-ring (bicyclic) bond motifs is 1. The Kier molecular flexibility index (Phi) is 8.48. The molecule has 2 aromatic carbocycles. The van der Waals surface area contributed by atoms with Crippen molar-refractivity contribution in [2.24, 2.45) is 16.5 Å². The molecule has 10 heteroatoms. The molecule has 1 unspecified atom stereocenters. The Balaban J connectivity index is 1.84. The quantitative estimate of drug-likeness (QED) is 0.182. The molecule has 38 heavy (non-hydrogen) atoms. The molecule has 1 amide bonds. The number of rotatable bonds is 10. The molecule has 2 aromatic heterocycles. The van der Waals surface area contributed by atoms with Crippen molar-refractivity contribution in [2.45, 2.75) is 39.3 Å². The van der Waals surface area contributed by atoms with Crippen molar-refractivity contribution in [1.29, 1.82) is 0 Å². The van der Waals surface area contributed by atoms with Crippen LogP contribution in [0.1, 0.15) is 53.1 Å². The van der Waals surface area contributed by atoms with E-state index in [1.54, 1.807) is 21.6 Å². The van der Waals surface area contributed by atoms with Gasteiger partial charge in [0.25, 0.3) is 11.5 Å². The molecule has 1 atom stereocenters. The Morgan fingerprint density at radius 2 is 1.79 bits per heavy atom. The maximum absolute atomic E-state index is 13.9. The predicted molar refractivity (Wildman–Crippen MR) is 151 cm³/mol. The molecule has 0 aliphatic carbocycles. The number of amides is 1. The molecule has 0 saturated heterocycles. The summed E-state index contributed by atoms with van der Waals surface area (Å²) in [5.74, 6) is 0.287. The van der Waals surface area contributed by atoms with E-state index >= 15 is 0 Å². The van der Waals surface area contributed by atoms with Gasteiger partial charge < -0.3 is 16.4 Å². The number of aliphatic imine (C=N–C) groups is 1. The summed E-state index contributed by atoms with van der Waals surface area (Å²) in [4.78, 5) is 33.4. The van der Waals surface area contributed by atoms with Crippen LogP contribution in [0.3, 0.4) is 0 Å². The Labute approximate surface area is 226 Å². The van der Waals surface area contributed by atoms with E-state index in [1.165, 1.54) is 4.52 Å². The van der Waals surface area contributed by atoms with Crippen LogP contribution in [0.2, 0.25) is 5.15 Å². The van der Waals surface area contributed by atoms with E-state index in [-0.39, 0.29) is 17.4 Å². The average Bonchev–Trinajstić information content (AvgIpc) is 3.28. The van der Waals surface area contributed by atoms with Crippen molar-refractivity contribution in [2.75, 3.05) is 13.1 Å². The summed E-state index contributed by atoms with van der Waals surface area (Å²) in [7, 11) is 0. The van der Waals surface area contributed by atoms with Crippen LogP contribution in [-0.2, 0) is 6.54 Å². The molecule has 4 N–H and O–H groups in total. The number of guanidine groups is 1. The molecule has 0 aliphatic heterocycles. The number of halogens is 1. The molecule has 2 heterocycles. The van der Waals surface area contributed by atoms with Crippen LogP contribution < -0.4 is 17.0 Å². The zero-order valence-corrected chi connectivity index (χ0v) is 22.3. The standard InChI is InChI=1S/C28H32ClN7O2/c1-3-22(34(17-7-16-32-28(30)31)26(37)21-12-10-19(2)11-13-21)25-33-36-23(14-15-24(36)29)27(38)35(25)18-20-8-5-4-6-9-20/h4-6,8-15,22H,3,7,16-18H2,1-2H3,(H4,30,31,32). The zero-order chi connectivity index (χ0) is 27.2. The zero-order valence-electron chi connectivity index (χ0n) is 21.5. The van der Waals surface area contributed by atoms with Gasteiger partial charge in [-0.25, -0.2) is 4.52 Å². The monoisotopic (exact) mass is 533 g/mol. The SMILES string of the molecule is CCC(c1nn2c(Cl)ccc2c(=O)n1Cc1ccccc1)N(CCCN=C(N)N)C(=O)c1ccc(C)cc1. The second-order valence-electron chi connectivity index (χ2n) is 9.14. The third-order valence-corrected chi connectivity index (χ3v) is 6.69. The van der Waals surface area contributed by atoms with Gasteiger partial charge in [0.15, 0.2) is 11.8 Å². The lowest BCUT2D eigenvalue weighted by atomic mass is 10.1. The Hall–Kier alpha value is -4.11. The summed E-state index contributed by atoms with van der Waals surface area (Å²) in [5, 5.41) is 5.14. The predicted octanol–water partition coefficient (Wildman–Crippen LogP) is 3.76. The fraction of sp³-hybridized carbons (Fsp3) is 0.286. The van der Waals surface area contributed by atoms with E-state index in [2.05, 4.69) is 4.99 Å². The van der Waals surface area contributed by atoms with Crippen LogP contribution in [0.5, 0.6) is 0 Å². The van der Waals surface area contributed by atoms with E-state index in [4.69, 9.17) is 28.2 Å². The van der Waals surface area contributed by atoms with E-state index < -0.39 is 6.04 Å². The second-order valence-corrected chi connectivity index (χ2v) is 9.52. The first kappa shape index (κ1) is 26.9. The first-order chi connectivity index (χ1) is 18.3. The molecule has 4 aromatic rings. The molecule has 9 nitrogen and oxygen atoms in total. The molecule has 0 fully saturated rings. The van der Waals surface area contributed by atoms with Gasteiger partial charge in [-0.3, -0.25) is 19.1 Å². The maximum atomic E-state index is 13.9. The van der Waals surface area contributed by atoms with Gasteiger partial charge in [-0.1, -0.05) is 66.6 Å². The summed E-state index contributed by atoms with van der Waals surface area (Å²) in [6.45, 7) is 4.97. The van der Waals surface area contributed by atoms with Crippen molar-refractivity contribution in [3.63, 3.8) is 0 Å². The van der Waals surface area contributed by atoms with E-state index in [1.807, 2.05) is 68.4 Å². The number of benzene rings is 2. The average molecular weight is 534 g/mol. The van der Waals surface area contributed by atoms with E-state index in [0.717, 1.165) is 11.1 Å². The molecule has 0 radical (unpaired) electrons. The van der Waals surface area contributed by atoms with Crippen molar-refractivity contribution in [3.05, 3.63) is 105 Å². The highest BCUT2D eigenvalue weighted by atomic mass is 35.5. The third-order valence-electron chi connectivity index (χ3n) is 6.41. The van der Waals surface area contributed by atoms with Crippen LogP contribution in [0, 0.1) is 6.92 Å². The number of aromatic nitrogens is 3. The van der Waals surface area contributed by atoms with Crippen LogP contribution in [0.15, 0.2) is 76.5 Å². The summed E-state index contributed by atoms with van der Waals surface area (Å²) in [6, 6.07) is 19.9. The Morgan fingerprint density at radius 3 is 2.45 bits per heavy atom. The normalized spacial score (nSPS) is 11.9. The van der Waals surface area contributed by atoms with Crippen LogP contribution in [0.4, 0.5) is 0 Å². The highest BCUT2D eigenvalue weighted by Gasteiger charge is 2.30. The molecular weight excluding hydrogens is 502 g/mol. The van der Waals surface area contributed by atoms with Gasteiger partial charge in [-0.2, -0.15) is 5.10 Å². The molecular formula is C28H32ClN7O2. The maximum Gasteiger partial charge on any atom is 0.278 e. The number of aryl methyl sites for hydroxylation is 1. The van der Waals surface area contributed by atoms with Gasteiger partial charge in [-0.15, -0.1) is 0 Å². The minimum Gasteiger partial charge on any atom is -0.370 e. The number of nitrogens with zero attached hydrogens (tertiary/aromatic N) is 5. The van der Waals surface area contributed by atoms with Crippen molar-refractivity contribution >= 4 is 29.0 Å². The number of carbonyl (C=O) groups excluding carboxylic acids is 1. The van der Waals surface area contributed by atoms with Gasteiger partial charge in [0.05, 0.1) is 12.6 Å². The number of hydrogen-bond acceptors (Lipinski definition) is 4. The molecule has 4 rings (SSSR count). The second kappa shape index (κ2) is 12.0. The first-order valence-corrected chi connectivity index (χ1v) is 12.9. The van der Waals surface area contributed by atoms with Crippen molar-refractivity contribution in [3.8, 4) is 0 Å². The summed E-state index contributed by atoms with van der Waals surface area (Å²) in [6.07, 6.45) is 1.05. The minimum absolute atomic E-state index is 0.000444. The first-order valence-electron chi connectivity index (χ1n) is 12.5. The van der Waals surface area contributed by atoms with E-state index in [0.29, 0.717) is 54.5 Å². The Bertz CT molecular complexity index is 1490. The van der Waals surface area contributed by atoms with Gasteiger partial charge in [0, 0.05) is 18.7 Å². The molecule has 0 saturated carbocycles. The third kappa shape index (κ3) is 5.89. The lowest BCUT2D eigenvalue weighted by molar-refractivity contribution is 0.0654. The highest BCUT2D eigenvalue weighted by Crippen LogP contribution is 2.26. The van der Waals surface area contributed by atoms with Crippen LogP contribution >= 0.6 is 11.6 Å². The molecule has 0 spiro atoms. The molecule has 198 valence electrons. The van der Waals surface area contributed by atoms with Crippen LogP contribution in [-0.4, -0.2) is 44.0 Å². The van der Waals surface area contributed by atoms with Crippen LogP contribution in [0.25, 0.3) is 5.52 Å². The molecule has 0 bridgehead atoms. The van der Waals surface area contributed by atoms with E-state index in [9.17, 15) is 9.59 Å². The fourth-order valence-electron chi connectivity index (χ4n) is 4.48. The number of nitrogens with two attached hydrogens (primary N) is 2. The number of hydrogen-bond donors (Lipinski definition) is 2. The topological polar surface area (TPSA) is 124 Å². The largest absolute Gasteiger partial charge is 0.370 e. The smallest absolute Gasteiger partial charge is 0.278 e. The summed E-state index contributed by atoms with van der Waals surface area (Å²) in [5.41, 5.74) is 13.7. The van der Waals surface area contributed by atoms with Gasteiger partial charge in [0.2, 0.25) is 0 Å². The number of carbonyl (C=O) groups is 1. The van der Waals surface area contributed by atoms with Gasteiger partial charge in [-0.05, 0) is 49.6 Å². The van der Waals surface area contributed by atoms with Gasteiger partial charge in [0.1, 0.15) is 10.7 Å². The van der Waals surface area contributed by atoms with Crippen molar-refractivity contribution < 1.29 is 4.79 Å². The van der Waals surface area contributed by atoms with Gasteiger partial charge >= 0.3 is 0 Å². The summed E-state index contributed by atoms with van der Waals surface area (Å²) >= 11 is 6.40. The highest BCUT2D eigenvalue weighted by molar-refractivity contribution is 6.29. The summed E-state index contributed by atoms with van der Waals surface area (Å²) < 4.78 is 3.08. The Morgan fingerprint density at radius 1 is 1.08 bits per heavy atom. The lowest BCUT2D eigenvalue weighted by Crippen LogP contribution is -2.40. The van der Waals surface area contributed by atoms with Crippen molar-refractivity contribution in [1.82, 2.24) is 19.1 Å². The minimum atomic E-state index is -0.512. The lowest BCUT2D eigenvalue weighted by Gasteiger charge is -2.32.